The molecule has 1 aromatic rings. The van der Waals surface area contributed by atoms with E-state index in [4.69, 9.17) is 0 Å². The molecule has 1 N–H and O–H groups in total. The van der Waals surface area contributed by atoms with Crippen molar-refractivity contribution in [3.05, 3.63) is 19.2 Å². The molecule has 2 atom stereocenters. The maximum Gasteiger partial charge on any atom is 0.261 e. The molecule has 0 aromatic carbocycles. The van der Waals surface area contributed by atoms with Crippen LogP contribution < -0.4 is 5.32 Å². The minimum Gasteiger partial charge on any atom is -0.349 e. The highest BCUT2D eigenvalue weighted by Crippen LogP contribution is 2.33. The maximum atomic E-state index is 12.1. The van der Waals surface area contributed by atoms with E-state index in [1.807, 2.05) is 17.8 Å². The van der Waals surface area contributed by atoms with Crippen molar-refractivity contribution in [3.63, 3.8) is 0 Å². The van der Waals surface area contributed by atoms with Gasteiger partial charge in [0.1, 0.15) is 0 Å². The topological polar surface area (TPSA) is 29.1 Å². The van der Waals surface area contributed by atoms with Crippen LogP contribution in [-0.4, -0.2) is 23.0 Å². The minimum absolute atomic E-state index is 0.0542. The number of thioether (sulfide) groups is 1. The minimum atomic E-state index is 0.0542. The number of thiophene rings is 1. The number of carbonyl (C=O) groups excluding carboxylic acids is 1. The van der Waals surface area contributed by atoms with Gasteiger partial charge in [0, 0.05) is 15.8 Å². The lowest BCUT2D eigenvalue weighted by Gasteiger charge is -2.12. The van der Waals surface area contributed by atoms with Gasteiger partial charge in [0.25, 0.3) is 5.91 Å². The Hall–Kier alpha value is 0.480. The van der Waals surface area contributed by atoms with Gasteiger partial charge in [-0.1, -0.05) is 6.92 Å². The van der Waals surface area contributed by atoms with Gasteiger partial charge in [0.2, 0.25) is 0 Å². The zero-order valence-electron chi connectivity index (χ0n) is 10.0. The van der Waals surface area contributed by atoms with Gasteiger partial charge in [-0.05, 0) is 62.9 Å². The number of carbonyl (C=O) groups is 1. The predicted molar refractivity (Wildman–Crippen MR) is 86.7 cm³/mol. The number of rotatable bonds is 4. The van der Waals surface area contributed by atoms with Gasteiger partial charge in [-0.2, -0.15) is 11.8 Å². The van der Waals surface area contributed by atoms with Crippen LogP contribution in [0.4, 0.5) is 0 Å². The third kappa shape index (κ3) is 3.74. The normalized spacial score (nSPS) is 23.3. The second kappa shape index (κ2) is 6.77. The smallest absolute Gasteiger partial charge is 0.261 e. The second-order valence-corrected chi connectivity index (χ2v) is 9.09. The molecule has 0 spiro atoms. The molecule has 18 heavy (non-hydrogen) atoms. The first-order chi connectivity index (χ1) is 8.60. The third-order valence-electron chi connectivity index (χ3n) is 2.99. The van der Waals surface area contributed by atoms with E-state index in [1.54, 1.807) is 0 Å². The van der Waals surface area contributed by atoms with Crippen molar-refractivity contribution in [1.82, 2.24) is 5.32 Å². The molecule has 0 bridgehead atoms. The summed E-state index contributed by atoms with van der Waals surface area (Å²) in [5.74, 6) is 1.22. The number of hydrogen-bond acceptors (Lipinski definition) is 3. The van der Waals surface area contributed by atoms with E-state index in [9.17, 15) is 4.79 Å². The van der Waals surface area contributed by atoms with E-state index in [0.29, 0.717) is 6.04 Å². The van der Waals surface area contributed by atoms with Crippen LogP contribution in [0.25, 0.3) is 0 Å². The molecule has 2 unspecified atom stereocenters. The molecule has 1 saturated carbocycles. The molecule has 100 valence electrons. The Labute approximate surface area is 133 Å². The van der Waals surface area contributed by atoms with Gasteiger partial charge >= 0.3 is 0 Å². The van der Waals surface area contributed by atoms with Crippen molar-refractivity contribution in [2.45, 2.75) is 37.5 Å². The van der Waals surface area contributed by atoms with Crippen LogP contribution in [0.1, 0.15) is 35.9 Å². The molecule has 0 radical (unpaired) electrons. The Kier molecular flexibility index (Phi) is 5.60. The van der Waals surface area contributed by atoms with Gasteiger partial charge in [-0.3, -0.25) is 4.79 Å². The zero-order valence-corrected chi connectivity index (χ0v) is 14.8. The average molecular weight is 413 g/mol. The molecule has 1 aliphatic carbocycles. The van der Waals surface area contributed by atoms with E-state index in [1.165, 1.54) is 17.8 Å². The Balaban J connectivity index is 1.88. The van der Waals surface area contributed by atoms with Crippen LogP contribution in [0.15, 0.2) is 14.3 Å². The summed E-state index contributed by atoms with van der Waals surface area (Å²) in [6.07, 6.45) is 3.44. The monoisotopic (exact) mass is 411 g/mol. The summed E-state index contributed by atoms with van der Waals surface area (Å²) < 4.78 is 1.92. The summed E-state index contributed by atoms with van der Waals surface area (Å²) in [4.78, 5) is 12.8. The van der Waals surface area contributed by atoms with Crippen LogP contribution >= 0.6 is 55.0 Å². The quantitative estimate of drug-likeness (QED) is 0.777. The number of amides is 1. The summed E-state index contributed by atoms with van der Waals surface area (Å²) in [7, 11) is 0. The average Bonchev–Trinajstić information content (AvgIpc) is 2.88. The van der Waals surface area contributed by atoms with E-state index in [-0.39, 0.29) is 5.91 Å². The molecule has 2 nitrogen and oxygen atoms in total. The largest absolute Gasteiger partial charge is 0.349 e. The first-order valence-electron chi connectivity index (χ1n) is 5.97. The Morgan fingerprint density at radius 1 is 1.56 bits per heavy atom. The van der Waals surface area contributed by atoms with E-state index in [2.05, 4.69) is 44.1 Å². The summed E-state index contributed by atoms with van der Waals surface area (Å²) in [6, 6.07) is 2.22. The van der Waals surface area contributed by atoms with Gasteiger partial charge < -0.3 is 5.32 Å². The highest BCUT2D eigenvalue weighted by atomic mass is 79.9. The Bertz CT molecular complexity index is 416. The molecule has 0 saturated heterocycles. The zero-order chi connectivity index (χ0) is 13.1. The highest BCUT2D eigenvalue weighted by molar-refractivity contribution is 9.13. The van der Waals surface area contributed by atoms with Gasteiger partial charge in [0.05, 0.1) is 8.66 Å². The lowest BCUT2D eigenvalue weighted by molar-refractivity contribution is 0.0942. The fourth-order valence-electron chi connectivity index (χ4n) is 2.17. The van der Waals surface area contributed by atoms with Crippen molar-refractivity contribution in [2.24, 2.45) is 0 Å². The molecular weight excluding hydrogens is 398 g/mol. The maximum absolute atomic E-state index is 12.1. The third-order valence-corrected chi connectivity index (χ3v) is 7.48. The summed E-state index contributed by atoms with van der Waals surface area (Å²) in [5.41, 5.74) is 0. The SMILES string of the molecule is CCSC1CCC(NC(=O)c2cc(Br)c(Br)s2)C1. The van der Waals surface area contributed by atoms with Crippen molar-refractivity contribution >= 4 is 60.9 Å². The first-order valence-corrected chi connectivity index (χ1v) is 9.42. The fourth-order valence-corrected chi connectivity index (χ4v) is 5.25. The van der Waals surface area contributed by atoms with Crippen LogP contribution in [0.3, 0.4) is 0 Å². The number of hydrogen-bond donors (Lipinski definition) is 1. The molecule has 0 aliphatic heterocycles. The fraction of sp³-hybridized carbons (Fsp3) is 0.583. The van der Waals surface area contributed by atoms with Gasteiger partial charge in [0.15, 0.2) is 0 Å². The van der Waals surface area contributed by atoms with E-state index >= 15 is 0 Å². The summed E-state index contributed by atoms with van der Waals surface area (Å²) in [6.45, 7) is 2.19. The van der Waals surface area contributed by atoms with Crippen LogP contribution in [0, 0.1) is 0 Å². The van der Waals surface area contributed by atoms with Crippen molar-refractivity contribution in [3.8, 4) is 0 Å². The van der Waals surface area contributed by atoms with Crippen molar-refractivity contribution in [2.75, 3.05) is 5.75 Å². The van der Waals surface area contributed by atoms with Crippen molar-refractivity contribution < 1.29 is 4.79 Å². The van der Waals surface area contributed by atoms with E-state index < -0.39 is 0 Å². The van der Waals surface area contributed by atoms with Crippen LogP contribution in [0.5, 0.6) is 0 Å². The molecule has 6 heteroatoms. The first kappa shape index (κ1) is 14.9. The standard InChI is InChI=1S/C12H15Br2NOS2/c1-2-17-8-4-3-7(5-8)15-12(16)10-6-9(13)11(14)18-10/h6-8H,2-5H2,1H3,(H,15,16). The Morgan fingerprint density at radius 3 is 2.94 bits per heavy atom. The number of nitrogens with one attached hydrogen (secondary N) is 1. The predicted octanol–water partition coefficient (Wildman–Crippen LogP) is 4.68. The molecule has 1 amide bonds. The van der Waals surface area contributed by atoms with Crippen LogP contribution in [-0.2, 0) is 0 Å². The summed E-state index contributed by atoms with van der Waals surface area (Å²) >= 11 is 10.3. The lowest BCUT2D eigenvalue weighted by atomic mass is 10.2. The molecule has 1 aromatic heterocycles. The Morgan fingerprint density at radius 2 is 2.33 bits per heavy atom. The molecule has 1 heterocycles. The van der Waals surface area contributed by atoms with Gasteiger partial charge in [-0.25, -0.2) is 0 Å². The molecule has 1 fully saturated rings. The van der Waals surface area contributed by atoms with Gasteiger partial charge in [-0.15, -0.1) is 11.3 Å². The molecular formula is C12H15Br2NOS2. The van der Waals surface area contributed by atoms with Crippen LogP contribution in [0.2, 0.25) is 0 Å². The summed E-state index contributed by atoms with van der Waals surface area (Å²) in [5, 5.41) is 3.86. The highest BCUT2D eigenvalue weighted by Gasteiger charge is 2.26. The van der Waals surface area contributed by atoms with E-state index in [0.717, 1.165) is 37.0 Å². The molecule has 1 aliphatic rings. The molecule has 2 rings (SSSR count). The second-order valence-electron chi connectivity index (χ2n) is 4.29. The lowest BCUT2D eigenvalue weighted by Crippen LogP contribution is -2.32. The number of halogens is 2. The van der Waals surface area contributed by atoms with Crippen molar-refractivity contribution in [1.29, 1.82) is 0 Å².